The van der Waals surface area contributed by atoms with E-state index in [1.54, 1.807) is 0 Å². The van der Waals surface area contributed by atoms with Crippen molar-refractivity contribution in [1.82, 2.24) is 5.32 Å². The van der Waals surface area contributed by atoms with E-state index in [-0.39, 0.29) is 11.2 Å². The van der Waals surface area contributed by atoms with Crippen molar-refractivity contribution in [3.05, 3.63) is 0 Å². The number of nitrogens with one attached hydrogen (secondary N) is 1. The first-order valence-corrected chi connectivity index (χ1v) is 10.8. The molecule has 1 amide bonds. The molecule has 1 rings (SSSR count). The predicted molar refractivity (Wildman–Crippen MR) is 99.6 cm³/mol. The molecule has 0 aromatic rings. The van der Waals surface area contributed by atoms with Crippen molar-refractivity contribution in [2.45, 2.75) is 102 Å². The van der Waals surface area contributed by atoms with Gasteiger partial charge >= 0.3 is 0 Å². The van der Waals surface area contributed by atoms with Crippen LogP contribution < -0.4 is 5.32 Å². The lowest BCUT2D eigenvalue weighted by molar-refractivity contribution is -0.120. The number of carbonyl (C=O) groups is 1. The molecule has 1 heterocycles. The Balaban J connectivity index is 1.75. The average molecular weight is 328 g/mol. The van der Waals surface area contributed by atoms with E-state index >= 15 is 0 Å². The summed E-state index contributed by atoms with van der Waals surface area (Å²) in [5.74, 6) is 1.37. The second-order valence-electron chi connectivity index (χ2n) is 6.68. The smallest absolute Gasteiger partial charge is 0.233 e. The zero-order valence-corrected chi connectivity index (χ0v) is 15.5. The molecular formula is C19H37NOS. The molecule has 22 heavy (non-hydrogen) atoms. The monoisotopic (exact) mass is 327 g/mol. The third kappa shape index (κ3) is 10.5. The van der Waals surface area contributed by atoms with Gasteiger partial charge in [0.2, 0.25) is 5.91 Å². The van der Waals surface area contributed by atoms with Crippen LogP contribution in [0.3, 0.4) is 0 Å². The van der Waals surface area contributed by atoms with E-state index in [0.29, 0.717) is 0 Å². The van der Waals surface area contributed by atoms with Crippen LogP contribution in [0.15, 0.2) is 0 Å². The molecule has 0 radical (unpaired) electrons. The van der Waals surface area contributed by atoms with Gasteiger partial charge in [-0.05, 0) is 6.42 Å². The summed E-state index contributed by atoms with van der Waals surface area (Å²) >= 11 is 1.84. The fraction of sp³-hybridized carbons (Fsp3) is 0.947. The molecule has 3 heteroatoms. The van der Waals surface area contributed by atoms with E-state index in [4.69, 9.17) is 0 Å². The van der Waals surface area contributed by atoms with Gasteiger partial charge in [0, 0.05) is 12.3 Å². The van der Waals surface area contributed by atoms with Gasteiger partial charge in [0.15, 0.2) is 0 Å². The van der Waals surface area contributed by atoms with Crippen LogP contribution in [0.25, 0.3) is 0 Å². The van der Waals surface area contributed by atoms with Crippen LogP contribution in [0.1, 0.15) is 96.8 Å². The van der Waals surface area contributed by atoms with Gasteiger partial charge in [-0.2, -0.15) is 0 Å². The van der Waals surface area contributed by atoms with Crippen LogP contribution in [-0.4, -0.2) is 23.5 Å². The molecule has 0 aromatic heterocycles. The average Bonchev–Trinajstić information content (AvgIpc) is 2.53. The van der Waals surface area contributed by atoms with Crippen molar-refractivity contribution in [3.8, 4) is 0 Å². The van der Waals surface area contributed by atoms with Crippen LogP contribution in [0.2, 0.25) is 0 Å². The van der Waals surface area contributed by atoms with E-state index in [0.717, 1.165) is 18.7 Å². The number of rotatable bonds is 14. The zero-order valence-electron chi connectivity index (χ0n) is 14.7. The fourth-order valence-corrected chi connectivity index (χ4v) is 4.20. The van der Waals surface area contributed by atoms with Crippen LogP contribution in [-0.2, 0) is 4.79 Å². The largest absolute Gasteiger partial charge is 0.354 e. The molecule has 0 saturated carbocycles. The summed E-state index contributed by atoms with van der Waals surface area (Å²) in [4.78, 5) is 11.6. The number of thioether (sulfide) groups is 1. The van der Waals surface area contributed by atoms with Gasteiger partial charge in [0.25, 0.3) is 0 Å². The van der Waals surface area contributed by atoms with Gasteiger partial charge in [0.1, 0.15) is 0 Å². The van der Waals surface area contributed by atoms with E-state index in [1.807, 2.05) is 11.8 Å². The Morgan fingerprint density at radius 3 is 1.86 bits per heavy atom. The maximum Gasteiger partial charge on any atom is 0.233 e. The van der Waals surface area contributed by atoms with Gasteiger partial charge in [0.05, 0.1) is 5.25 Å². The summed E-state index contributed by atoms with van der Waals surface area (Å²) in [6, 6.07) is 0. The number of hydrogen-bond donors (Lipinski definition) is 1. The molecule has 0 spiro atoms. The van der Waals surface area contributed by atoms with Crippen LogP contribution >= 0.6 is 11.8 Å². The van der Waals surface area contributed by atoms with Crippen molar-refractivity contribution in [2.75, 3.05) is 12.3 Å². The van der Waals surface area contributed by atoms with Gasteiger partial charge < -0.3 is 5.32 Å². The lowest BCUT2D eigenvalue weighted by Crippen LogP contribution is -2.39. The lowest BCUT2D eigenvalue weighted by Gasteiger charge is -2.21. The molecule has 0 aromatic carbocycles. The highest BCUT2D eigenvalue weighted by Crippen LogP contribution is 2.21. The summed E-state index contributed by atoms with van der Waals surface area (Å²) in [5, 5.41) is 3.21. The van der Waals surface area contributed by atoms with E-state index in [1.165, 1.54) is 83.5 Å². The topological polar surface area (TPSA) is 29.1 Å². The first kappa shape index (κ1) is 19.9. The van der Waals surface area contributed by atoms with Crippen molar-refractivity contribution in [3.63, 3.8) is 0 Å². The Morgan fingerprint density at radius 1 is 0.864 bits per heavy atom. The Bertz CT molecular complexity index is 270. The minimum Gasteiger partial charge on any atom is -0.354 e. The summed E-state index contributed by atoms with van der Waals surface area (Å²) in [6.45, 7) is 3.14. The maximum atomic E-state index is 11.6. The Hall–Kier alpha value is -0.180. The predicted octanol–water partition coefficient (Wildman–Crippen LogP) is 5.70. The fourth-order valence-electron chi connectivity index (χ4n) is 3.13. The zero-order chi connectivity index (χ0) is 15.9. The number of hydrogen-bond acceptors (Lipinski definition) is 2. The molecule has 0 bridgehead atoms. The third-order valence-electron chi connectivity index (χ3n) is 4.58. The quantitative estimate of drug-likeness (QED) is 0.415. The second-order valence-corrected chi connectivity index (χ2v) is 7.99. The third-order valence-corrected chi connectivity index (χ3v) is 5.87. The molecule has 1 N–H and O–H groups in total. The van der Waals surface area contributed by atoms with Crippen molar-refractivity contribution in [1.29, 1.82) is 0 Å². The minimum atomic E-state index is 0.237. The molecule has 2 nitrogen and oxygen atoms in total. The van der Waals surface area contributed by atoms with Crippen LogP contribution in [0.4, 0.5) is 0 Å². The molecule has 1 unspecified atom stereocenters. The Labute approximate surface area is 142 Å². The van der Waals surface area contributed by atoms with Crippen molar-refractivity contribution < 1.29 is 4.79 Å². The van der Waals surface area contributed by atoms with E-state index in [2.05, 4.69) is 12.2 Å². The molecule has 1 atom stereocenters. The first-order chi connectivity index (χ1) is 10.8. The highest BCUT2D eigenvalue weighted by molar-refractivity contribution is 8.00. The first-order valence-electron chi connectivity index (χ1n) is 9.74. The SMILES string of the molecule is CCCCCCCCCCCCCCCC1SCCNC1=O. The maximum absolute atomic E-state index is 11.6. The lowest BCUT2D eigenvalue weighted by atomic mass is 10.0. The molecule has 1 saturated heterocycles. The molecule has 1 fully saturated rings. The van der Waals surface area contributed by atoms with E-state index in [9.17, 15) is 4.79 Å². The van der Waals surface area contributed by atoms with Gasteiger partial charge in [-0.1, -0.05) is 90.4 Å². The molecule has 1 aliphatic heterocycles. The number of unbranched alkanes of at least 4 members (excludes halogenated alkanes) is 12. The Kier molecular flexibility index (Phi) is 13.0. The van der Waals surface area contributed by atoms with Crippen molar-refractivity contribution >= 4 is 17.7 Å². The second kappa shape index (κ2) is 14.4. The van der Waals surface area contributed by atoms with Crippen LogP contribution in [0, 0.1) is 0 Å². The Morgan fingerprint density at radius 2 is 1.36 bits per heavy atom. The van der Waals surface area contributed by atoms with Gasteiger partial charge in [-0.25, -0.2) is 0 Å². The summed E-state index contributed by atoms with van der Waals surface area (Å²) < 4.78 is 0. The number of amides is 1. The summed E-state index contributed by atoms with van der Waals surface area (Å²) in [5.41, 5.74) is 0. The highest BCUT2D eigenvalue weighted by atomic mass is 32.2. The molecule has 1 aliphatic rings. The highest BCUT2D eigenvalue weighted by Gasteiger charge is 2.21. The van der Waals surface area contributed by atoms with Crippen LogP contribution in [0.5, 0.6) is 0 Å². The summed E-state index contributed by atoms with van der Waals surface area (Å²) in [7, 11) is 0. The van der Waals surface area contributed by atoms with Gasteiger partial charge in [-0.3, -0.25) is 4.79 Å². The minimum absolute atomic E-state index is 0.237. The number of carbonyl (C=O) groups excluding carboxylic acids is 1. The van der Waals surface area contributed by atoms with E-state index < -0.39 is 0 Å². The molecule has 130 valence electrons. The van der Waals surface area contributed by atoms with Gasteiger partial charge in [-0.15, -0.1) is 11.8 Å². The summed E-state index contributed by atoms with van der Waals surface area (Å²) in [6.07, 6.45) is 19.2. The normalized spacial score (nSPS) is 18.4. The standard InChI is InChI=1S/C19H37NOS/c1-2-3-4-5-6-7-8-9-10-11-12-13-14-15-18-19(21)20-16-17-22-18/h18H,2-17H2,1H3,(H,20,21). The molecular weight excluding hydrogens is 290 g/mol. The van der Waals surface area contributed by atoms with Crippen molar-refractivity contribution in [2.24, 2.45) is 0 Å². The molecule has 0 aliphatic carbocycles.